The Morgan fingerprint density at radius 3 is 2.47 bits per heavy atom. The quantitative estimate of drug-likeness (QED) is 0.343. The lowest BCUT2D eigenvalue weighted by Gasteiger charge is -2.10. The molecule has 2 N–H and O–H groups in total. The van der Waals surface area contributed by atoms with Crippen LogP contribution in [0.15, 0.2) is 54.6 Å². The molecular weight excluding hydrogens is 458 g/mol. The zero-order valence-electron chi connectivity index (χ0n) is 18.9. The predicted molar refractivity (Wildman–Crippen MR) is 128 cm³/mol. The van der Waals surface area contributed by atoms with Gasteiger partial charge in [-0.05, 0) is 36.1 Å². The highest BCUT2D eigenvalue weighted by molar-refractivity contribution is 7.39. The maximum atomic E-state index is 13.6. The molecule has 0 aliphatic carbocycles. The maximum absolute atomic E-state index is 13.6. The van der Waals surface area contributed by atoms with Crippen LogP contribution in [0.5, 0.6) is 0 Å². The van der Waals surface area contributed by atoms with Gasteiger partial charge >= 0.3 is 5.97 Å². The summed E-state index contributed by atoms with van der Waals surface area (Å²) in [5.74, 6) is 5.08. The molecule has 3 aromatic rings. The van der Waals surface area contributed by atoms with E-state index in [-0.39, 0.29) is 24.5 Å². The molecule has 0 amide bonds. The fourth-order valence-corrected chi connectivity index (χ4v) is 4.22. The van der Waals surface area contributed by atoms with Crippen LogP contribution >= 0.6 is 8.03 Å². The van der Waals surface area contributed by atoms with Crippen molar-refractivity contribution in [2.45, 2.75) is 32.3 Å². The molecule has 0 aliphatic heterocycles. The molecule has 2 atom stereocenters. The molecule has 0 aliphatic rings. The molecule has 7 nitrogen and oxygen atoms in total. The summed E-state index contributed by atoms with van der Waals surface area (Å²) >= 11 is 0. The van der Waals surface area contributed by atoms with E-state index in [1.807, 2.05) is 48.7 Å². The first kappa shape index (κ1) is 25.4. The SMILES string of the molecule is CC(C)c1nc(-c2ccccc2)n(-c2ccc(F)cc2)c1C#CCO[PH](=O)C[C@@H](O)CC(=O)O. The van der Waals surface area contributed by atoms with Crippen molar-refractivity contribution in [3.05, 3.63) is 71.8 Å². The Labute approximate surface area is 198 Å². The van der Waals surface area contributed by atoms with Gasteiger partial charge in [-0.2, -0.15) is 0 Å². The minimum absolute atomic E-state index is 0.0414. The molecule has 0 radical (unpaired) electrons. The van der Waals surface area contributed by atoms with Gasteiger partial charge in [0.2, 0.25) is 0 Å². The highest BCUT2D eigenvalue weighted by Gasteiger charge is 2.20. The van der Waals surface area contributed by atoms with Crippen molar-refractivity contribution in [3.63, 3.8) is 0 Å². The first-order chi connectivity index (χ1) is 16.3. The van der Waals surface area contributed by atoms with Gasteiger partial charge in [-0.25, -0.2) is 9.37 Å². The second-order valence-corrected chi connectivity index (χ2v) is 9.36. The summed E-state index contributed by atoms with van der Waals surface area (Å²) in [6, 6.07) is 15.6. The molecule has 1 unspecified atom stereocenters. The molecule has 34 heavy (non-hydrogen) atoms. The van der Waals surface area contributed by atoms with Gasteiger partial charge in [0.05, 0.1) is 18.2 Å². The number of hydrogen-bond donors (Lipinski definition) is 2. The van der Waals surface area contributed by atoms with E-state index in [0.717, 1.165) is 11.3 Å². The predicted octanol–water partition coefficient (Wildman–Crippen LogP) is 4.48. The third kappa shape index (κ3) is 6.64. The molecule has 3 rings (SSSR count). The molecule has 0 saturated carbocycles. The minimum Gasteiger partial charge on any atom is -0.481 e. The number of imidazole rings is 1. The van der Waals surface area contributed by atoms with Crippen LogP contribution in [0.25, 0.3) is 17.1 Å². The van der Waals surface area contributed by atoms with Crippen LogP contribution in [0.2, 0.25) is 0 Å². The number of nitrogens with zero attached hydrogens (tertiary/aromatic N) is 2. The van der Waals surface area contributed by atoms with Gasteiger partial charge in [0.15, 0.2) is 8.03 Å². The van der Waals surface area contributed by atoms with E-state index in [1.54, 1.807) is 12.1 Å². The number of aliphatic carboxylic acids is 1. The second kappa shape index (κ2) is 11.8. The van der Waals surface area contributed by atoms with Gasteiger partial charge < -0.3 is 14.7 Å². The number of carboxylic acids is 1. The van der Waals surface area contributed by atoms with E-state index in [1.165, 1.54) is 12.1 Å². The standard InChI is InChI=1S/C25H26FN2O5P/c1-17(2)24-22(9-6-14-33-34(32)16-21(29)15-23(30)31)28(20-12-10-19(26)11-13-20)25(27-24)18-7-4-3-5-8-18/h3-5,7-8,10-13,17,21,29,34H,14-16H2,1-2H3,(H,30,31)/t21-/m0/s1. The van der Waals surface area contributed by atoms with Crippen LogP contribution in [0.4, 0.5) is 4.39 Å². The Morgan fingerprint density at radius 2 is 1.85 bits per heavy atom. The van der Waals surface area contributed by atoms with Gasteiger partial charge in [-0.1, -0.05) is 50.1 Å². The molecule has 9 heteroatoms. The number of aromatic nitrogens is 2. The van der Waals surface area contributed by atoms with Crippen molar-refractivity contribution in [2.24, 2.45) is 0 Å². The Bertz CT molecular complexity index is 1210. The van der Waals surface area contributed by atoms with Gasteiger partial charge in [0.25, 0.3) is 0 Å². The summed E-state index contributed by atoms with van der Waals surface area (Å²) in [7, 11) is -2.65. The lowest BCUT2D eigenvalue weighted by atomic mass is 10.1. The largest absolute Gasteiger partial charge is 0.481 e. The topological polar surface area (TPSA) is 102 Å². The first-order valence-electron chi connectivity index (χ1n) is 10.7. The van der Waals surface area contributed by atoms with Crippen LogP contribution in [0, 0.1) is 17.7 Å². The molecule has 0 fully saturated rings. The van der Waals surface area contributed by atoms with Crippen LogP contribution in [0.3, 0.4) is 0 Å². The minimum atomic E-state index is -2.65. The fourth-order valence-electron chi connectivity index (χ4n) is 3.34. The van der Waals surface area contributed by atoms with Crippen LogP contribution in [-0.4, -0.2) is 44.6 Å². The molecular formula is C25H26FN2O5P. The van der Waals surface area contributed by atoms with Crippen molar-refractivity contribution in [1.29, 1.82) is 0 Å². The maximum Gasteiger partial charge on any atom is 0.305 e. The number of aliphatic hydroxyl groups excluding tert-OH is 1. The number of rotatable bonds is 9. The monoisotopic (exact) mass is 484 g/mol. The third-order valence-electron chi connectivity index (χ3n) is 4.89. The van der Waals surface area contributed by atoms with Crippen molar-refractivity contribution < 1.29 is 28.5 Å². The molecule has 1 heterocycles. The summed E-state index contributed by atoms with van der Waals surface area (Å²) in [6.45, 7) is 3.83. The average molecular weight is 484 g/mol. The number of carbonyl (C=O) groups is 1. The highest BCUT2D eigenvalue weighted by atomic mass is 31.1. The van der Waals surface area contributed by atoms with Gasteiger partial charge in [-0.3, -0.25) is 13.9 Å². The third-order valence-corrected chi connectivity index (χ3v) is 6.16. The van der Waals surface area contributed by atoms with Crippen molar-refractivity contribution >= 4 is 14.0 Å². The number of carboxylic acid groups (broad SMARTS) is 1. The summed E-state index contributed by atoms with van der Waals surface area (Å²) < 4.78 is 32.7. The van der Waals surface area contributed by atoms with Crippen LogP contribution < -0.4 is 0 Å². The Morgan fingerprint density at radius 1 is 1.18 bits per heavy atom. The van der Waals surface area contributed by atoms with Gasteiger partial charge in [0, 0.05) is 17.4 Å². The van der Waals surface area contributed by atoms with E-state index in [2.05, 4.69) is 11.8 Å². The summed E-state index contributed by atoms with van der Waals surface area (Å²) in [5.41, 5.74) is 2.92. The van der Waals surface area contributed by atoms with E-state index >= 15 is 0 Å². The van der Waals surface area contributed by atoms with E-state index in [4.69, 9.17) is 14.6 Å². The fraction of sp³-hybridized carbons (Fsp3) is 0.280. The zero-order valence-corrected chi connectivity index (χ0v) is 19.9. The van der Waals surface area contributed by atoms with E-state index in [9.17, 15) is 18.9 Å². The summed E-state index contributed by atoms with van der Waals surface area (Å²) in [5, 5.41) is 18.3. The summed E-state index contributed by atoms with van der Waals surface area (Å²) in [4.78, 5) is 15.5. The number of hydrogen-bond acceptors (Lipinski definition) is 5. The highest BCUT2D eigenvalue weighted by Crippen LogP contribution is 2.30. The zero-order chi connectivity index (χ0) is 24.7. The number of benzene rings is 2. The lowest BCUT2D eigenvalue weighted by molar-refractivity contribution is -0.138. The molecule has 0 spiro atoms. The molecule has 2 aromatic carbocycles. The summed E-state index contributed by atoms with van der Waals surface area (Å²) in [6.07, 6.45) is -1.98. The lowest BCUT2D eigenvalue weighted by Crippen LogP contribution is -2.15. The van der Waals surface area contributed by atoms with Crippen molar-refractivity contribution in [3.8, 4) is 28.9 Å². The van der Waals surface area contributed by atoms with E-state index < -0.39 is 26.5 Å². The first-order valence-corrected chi connectivity index (χ1v) is 12.3. The van der Waals surface area contributed by atoms with Crippen molar-refractivity contribution in [1.82, 2.24) is 9.55 Å². The Hall–Kier alpha value is -3.24. The van der Waals surface area contributed by atoms with Crippen LogP contribution in [0.1, 0.15) is 37.6 Å². The average Bonchev–Trinajstić information content (AvgIpc) is 3.17. The normalized spacial score (nSPS) is 12.7. The van der Waals surface area contributed by atoms with Crippen LogP contribution in [-0.2, 0) is 13.9 Å². The Balaban J connectivity index is 1.94. The van der Waals surface area contributed by atoms with Gasteiger partial charge in [-0.15, -0.1) is 0 Å². The van der Waals surface area contributed by atoms with Gasteiger partial charge in [0.1, 0.15) is 23.9 Å². The number of aliphatic hydroxyl groups is 1. The van der Waals surface area contributed by atoms with E-state index in [0.29, 0.717) is 17.2 Å². The molecule has 178 valence electrons. The Kier molecular flexibility index (Phi) is 8.78. The smallest absolute Gasteiger partial charge is 0.305 e. The molecule has 1 aromatic heterocycles. The number of halogens is 1. The molecule has 0 bridgehead atoms. The molecule has 0 saturated heterocycles. The van der Waals surface area contributed by atoms with Crippen molar-refractivity contribution in [2.75, 3.05) is 12.8 Å². The second-order valence-electron chi connectivity index (χ2n) is 7.92.